The number of rotatable bonds is 5. The zero-order valence-corrected chi connectivity index (χ0v) is 17.2. The maximum absolute atomic E-state index is 13.2. The van der Waals surface area contributed by atoms with E-state index in [-0.39, 0.29) is 6.61 Å². The monoisotopic (exact) mass is 508 g/mol. The summed E-state index contributed by atoms with van der Waals surface area (Å²) in [7, 11) is -6.17. The molecule has 0 aliphatic carbocycles. The van der Waals surface area contributed by atoms with Gasteiger partial charge >= 0.3 is 11.7 Å². The quantitative estimate of drug-likeness (QED) is 0.319. The number of hydrogen-bond acceptors (Lipinski definition) is 6. The molecule has 0 N–H and O–H groups in total. The van der Waals surface area contributed by atoms with Gasteiger partial charge in [-0.05, 0) is 19.1 Å². The van der Waals surface area contributed by atoms with Gasteiger partial charge in [0.05, 0.1) is 22.2 Å². The third-order valence-corrected chi connectivity index (χ3v) is 5.57. The normalized spacial score (nSPS) is 12.9. The molecule has 0 aliphatic rings. The molecule has 0 bridgehead atoms. The topological polar surface area (TPSA) is 97.3 Å². The molecule has 1 aromatic carbocycles. The third-order valence-electron chi connectivity index (χ3n) is 3.47. The van der Waals surface area contributed by atoms with E-state index in [0.29, 0.717) is 23.2 Å². The molecule has 0 spiro atoms. The van der Waals surface area contributed by atoms with Gasteiger partial charge in [-0.2, -0.15) is 41.7 Å². The standard InChI is InChI=1S/C15H8Cl2F6N4O3S/c1-2-30-6-25-13-12(31(28,29)15(21,22)23)10(5-24)26-27(13)11-8(16)3-7(4-9(11)17)14(18,19)20/h3-4,6H,2H2,1H3. The van der Waals surface area contributed by atoms with Gasteiger partial charge in [-0.3, -0.25) is 0 Å². The van der Waals surface area contributed by atoms with Crippen molar-refractivity contribution in [1.82, 2.24) is 9.78 Å². The fraction of sp³-hybridized carbons (Fsp3) is 0.267. The van der Waals surface area contributed by atoms with Crippen LogP contribution in [0.15, 0.2) is 22.0 Å². The second-order valence-electron chi connectivity index (χ2n) is 5.45. The fourth-order valence-electron chi connectivity index (χ4n) is 2.19. The molecular formula is C15H8Cl2F6N4O3S. The third kappa shape index (κ3) is 4.73. The van der Waals surface area contributed by atoms with Gasteiger partial charge in [-0.25, -0.2) is 13.1 Å². The Labute approximate surface area is 180 Å². The van der Waals surface area contributed by atoms with E-state index >= 15 is 0 Å². The molecular weight excluding hydrogens is 501 g/mol. The van der Waals surface area contributed by atoms with Crippen LogP contribution in [0.1, 0.15) is 18.2 Å². The van der Waals surface area contributed by atoms with E-state index in [0.717, 1.165) is 0 Å². The van der Waals surface area contributed by atoms with Crippen molar-refractivity contribution in [2.75, 3.05) is 6.61 Å². The molecule has 1 heterocycles. The van der Waals surface area contributed by atoms with E-state index in [1.807, 2.05) is 0 Å². The van der Waals surface area contributed by atoms with Crippen LogP contribution < -0.4 is 0 Å². The lowest BCUT2D eigenvalue weighted by atomic mass is 10.2. The number of benzene rings is 1. The summed E-state index contributed by atoms with van der Waals surface area (Å²) >= 11 is 11.7. The van der Waals surface area contributed by atoms with E-state index in [4.69, 9.17) is 33.2 Å². The summed E-state index contributed by atoms with van der Waals surface area (Å²) in [5.41, 5.74) is -9.02. The molecule has 31 heavy (non-hydrogen) atoms. The van der Waals surface area contributed by atoms with Gasteiger partial charge in [0, 0.05) is 0 Å². The minimum Gasteiger partial charge on any atom is -0.483 e. The Morgan fingerprint density at radius 3 is 2.19 bits per heavy atom. The van der Waals surface area contributed by atoms with Gasteiger partial charge in [-0.1, -0.05) is 23.2 Å². The minimum absolute atomic E-state index is 0.0219. The van der Waals surface area contributed by atoms with E-state index in [2.05, 4.69) is 10.1 Å². The number of sulfone groups is 1. The number of aromatic nitrogens is 2. The number of halogens is 8. The van der Waals surface area contributed by atoms with Crippen LogP contribution in [0.2, 0.25) is 10.0 Å². The highest BCUT2D eigenvalue weighted by molar-refractivity contribution is 7.92. The molecule has 0 aliphatic heterocycles. The van der Waals surface area contributed by atoms with Gasteiger partial charge in [0.15, 0.2) is 22.8 Å². The van der Waals surface area contributed by atoms with Crippen molar-refractivity contribution >= 4 is 45.3 Å². The lowest BCUT2D eigenvalue weighted by Gasteiger charge is -2.13. The summed E-state index contributed by atoms with van der Waals surface area (Å²) in [6, 6.07) is 1.96. The second kappa shape index (κ2) is 8.56. The van der Waals surface area contributed by atoms with E-state index in [1.54, 1.807) is 0 Å². The predicted molar refractivity (Wildman–Crippen MR) is 96.3 cm³/mol. The highest BCUT2D eigenvalue weighted by Gasteiger charge is 2.51. The molecule has 2 rings (SSSR count). The predicted octanol–water partition coefficient (Wildman–Crippen LogP) is 5.06. The van der Waals surface area contributed by atoms with Crippen molar-refractivity contribution < 1.29 is 39.5 Å². The SMILES string of the molecule is CCOC=Nc1c(S(=O)(=O)C(F)(F)F)c(C#N)nn1-c1c(Cl)cc(C(F)(F)F)cc1Cl. The molecule has 0 unspecified atom stereocenters. The molecule has 2 aromatic rings. The summed E-state index contributed by atoms with van der Waals surface area (Å²) in [4.78, 5) is 1.81. The Kier molecular flexibility index (Phi) is 6.84. The Morgan fingerprint density at radius 1 is 1.23 bits per heavy atom. The Balaban J connectivity index is 2.95. The number of alkyl halides is 6. The average Bonchev–Trinajstić information content (AvgIpc) is 2.98. The van der Waals surface area contributed by atoms with Crippen molar-refractivity contribution in [3.05, 3.63) is 33.4 Å². The van der Waals surface area contributed by atoms with Crippen LogP contribution in [-0.2, 0) is 20.8 Å². The fourth-order valence-corrected chi connectivity index (χ4v) is 3.79. The molecule has 0 saturated carbocycles. The first-order valence-electron chi connectivity index (χ1n) is 7.72. The molecule has 16 heteroatoms. The molecule has 168 valence electrons. The first-order valence-corrected chi connectivity index (χ1v) is 9.95. The van der Waals surface area contributed by atoms with E-state index in [9.17, 15) is 34.8 Å². The van der Waals surface area contributed by atoms with Gasteiger partial charge in [0.25, 0.3) is 9.84 Å². The zero-order valence-electron chi connectivity index (χ0n) is 14.9. The first-order chi connectivity index (χ1) is 14.2. The molecule has 1 aromatic heterocycles. The lowest BCUT2D eigenvalue weighted by molar-refractivity contribution is -0.137. The maximum Gasteiger partial charge on any atom is 0.502 e. The van der Waals surface area contributed by atoms with Crippen LogP contribution in [0.5, 0.6) is 0 Å². The van der Waals surface area contributed by atoms with Crippen molar-refractivity contribution in [3.8, 4) is 11.8 Å². The molecule has 0 atom stereocenters. The summed E-state index contributed by atoms with van der Waals surface area (Å²) in [6.07, 6.45) is -4.30. The summed E-state index contributed by atoms with van der Waals surface area (Å²) in [6.45, 7) is 1.45. The molecule has 0 fully saturated rings. The van der Waals surface area contributed by atoms with Gasteiger partial charge in [0.1, 0.15) is 11.8 Å². The summed E-state index contributed by atoms with van der Waals surface area (Å²) in [5, 5.41) is 11.1. The lowest BCUT2D eigenvalue weighted by Crippen LogP contribution is -2.23. The largest absolute Gasteiger partial charge is 0.502 e. The van der Waals surface area contributed by atoms with E-state index in [1.165, 1.54) is 13.0 Å². The van der Waals surface area contributed by atoms with Crippen molar-refractivity contribution in [2.24, 2.45) is 4.99 Å². The summed E-state index contributed by atoms with van der Waals surface area (Å²) in [5.74, 6) is -1.11. The van der Waals surface area contributed by atoms with Crippen molar-refractivity contribution in [3.63, 3.8) is 0 Å². The number of ether oxygens (including phenoxy) is 1. The second-order valence-corrected chi connectivity index (χ2v) is 8.14. The van der Waals surface area contributed by atoms with Crippen LogP contribution in [-0.4, -0.2) is 36.7 Å². The van der Waals surface area contributed by atoms with Crippen LogP contribution in [0.4, 0.5) is 32.2 Å². The van der Waals surface area contributed by atoms with Crippen LogP contribution in [0.25, 0.3) is 5.69 Å². The van der Waals surface area contributed by atoms with Crippen LogP contribution in [0.3, 0.4) is 0 Å². The minimum atomic E-state index is -6.17. The Bertz CT molecular complexity index is 1160. The number of hydrogen-bond donors (Lipinski definition) is 0. The zero-order chi connectivity index (χ0) is 23.8. The van der Waals surface area contributed by atoms with Crippen molar-refractivity contribution in [2.45, 2.75) is 23.5 Å². The number of aliphatic imine (C=N–C) groups is 1. The molecule has 7 nitrogen and oxygen atoms in total. The molecule has 0 saturated heterocycles. The summed E-state index contributed by atoms with van der Waals surface area (Å²) < 4.78 is 107. The van der Waals surface area contributed by atoms with E-state index < -0.39 is 59.2 Å². The number of nitriles is 1. The number of nitrogens with zero attached hydrogens (tertiary/aromatic N) is 4. The highest BCUT2D eigenvalue weighted by atomic mass is 35.5. The van der Waals surface area contributed by atoms with Crippen LogP contribution in [0, 0.1) is 11.3 Å². The first kappa shape index (κ1) is 24.8. The Hall–Kier alpha value is -2.50. The van der Waals surface area contributed by atoms with Crippen LogP contribution >= 0.6 is 23.2 Å². The molecule has 0 radical (unpaired) electrons. The van der Waals surface area contributed by atoms with Gasteiger partial charge < -0.3 is 4.74 Å². The Morgan fingerprint density at radius 2 is 1.77 bits per heavy atom. The van der Waals surface area contributed by atoms with Gasteiger partial charge in [0.2, 0.25) is 0 Å². The maximum atomic E-state index is 13.2. The average molecular weight is 509 g/mol. The van der Waals surface area contributed by atoms with Crippen molar-refractivity contribution in [1.29, 1.82) is 5.26 Å². The molecule has 0 amide bonds. The van der Waals surface area contributed by atoms with Gasteiger partial charge in [-0.15, -0.1) is 0 Å². The smallest absolute Gasteiger partial charge is 0.483 e. The highest BCUT2D eigenvalue weighted by Crippen LogP contribution is 2.43.